The third-order valence-corrected chi connectivity index (χ3v) is 3.24. The summed E-state index contributed by atoms with van der Waals surface area (Å²) >= 11 is 0. The first kappa shape index (κ1) is 13.6. The van der Waals surface area contributed by atoms with Gasteiger partial charge in [0.15, 0.2) is 0 Å². The second kappa shape index (κ2) is 5.26. The van der Waals surface area contributed by atoms with Gasteiger partial charge in [-0.15, -0.1) is 4.83 Å². The number of carbonyl (C=O) groups is 1. The molecule has 0 unspecified atom stereocenters. The predicted octanol–water partition coefficient (Wildman–Crippen LogP) is 0.281. The first-order valence-electron chi connectivity index (χ1n) is 4.80. The largest absolute Gasteiger partial charge is 0.478 e. The van der Waals surface area contributed by atoms with Gasteiger partial charge in [0, 0.05) is 14.1 Å². The average molecular weight is 258 g/mol. The van der Waals surface area contributed by atoms with E-state index in [4.69, 9.17) is 5.11 Å². The maximum atomic E-state index is 11.6. The number of rotatable bonds is 5. The molecule has 0 bridgehead atoms. The van der Waals surface area contributed by atoms with Gasteiger partial charge < -0.3 is 5.11 Å². The lowest BCUT2D eigenvalue weighted by atomic mass is 10.1. The number of aromatic carboxylic acids is 1. The van der Waals surface area contributed by atoms with Gasteiger partial charge in [0.1, 0.15) is 0 Å². The Kier molecular flexibility index (Phi) is 4.22. The van der Waals surface area contributed by atoms with E-state index in [9.17, 15) is 13.2 Å². The summed E-state index contributed by atoms with van der Waals surface area (Å²) in [7, 11) is -0.290. The number of carboxylic acids is 1. The smallest absolute Gasteiger partial charge is 0.335 e. The first-order chi connectivity index (χ1) is 7.80. The van der Waals surface area contributed by atoms with E-state index < -0.39 is 16.0 Å². The molecule has 94 valence electrons. The monoisotopic (exact) mass is 258 g/mol. The molecule has 0 aliphatic rings. The molecule has 1 aromatic rings. The number of sulfonamides is 1. The number of hydrazine groups is 1. The summed E-state index contributed by atoms with van der Waals surface area (Å²) in [5, 5.41) is 10.0. The molecule has 0 atom stereocenters. The standard InChI is InChI=1S/C10H14N2O4S/c1-12(2)11-17(15,16)7-8-3-5-9(6-4-8)10(13)14/h3-6,11H,7H2,1-2H3,(H,13,14). The van der Waals surface area contributed by atoms with Gasteiger partial charge in [0.2, 0.25) is 10.0 Å². The number of nitrogens with one attached hydrogen (secondary N) is 1. The highest BCUT2D eigenvalue weighted by molar-refractivity contribution is 7.88. The lowest BCUT2D eigenvalue weighted by Gasteiger charge is -2.12. The van der Waals surface area contributed by atoms with Gasteiger partial charge >= 0.3 is 5.97 Å². The van der Waals surface area contributed by atoms with E-state index in [0.29, 0.717) is 5.56 Å². The van der Waals surface area contributed by atoms with Crippen LogP contribution in [-0.4, -0.2) is 38.6 Å². The second-order valence-electron chi connectivity index (χ2n) is 3.75. The zero-order valence-corrected chi connectivity index (χ0v) is 10.4. The van der Waals surface area contributed by atoms with Gasteiger partial charge in [0.25, 0.3) is 0 Å². The van der Waals surface area contributed by atoms with Crippen molar-refractivity contribution >= 4 is 16.0 Å². The summed E-state index contributed by atoms with van der Waals surface area (Å²) in [5.74, 6) is -1.23. The maximum Gasteiger partial charge on any atom is 0.335 e. The van der Waals surface area contributed by atoms with Crippen molar-refractivity contribution in [3.63, 3.8) is 0 Å². The molecule has 0 heterocycles. The number of carboxylic acid groups (broad SMARTS) is 1. The molecule has 0 amide bonds. The van der Waals surface area contributed by atoms with Gasteiger partial charge in [-0.3, -0.25) is 0 Å². The number of benzene rings is 1. The van der Waals surface area contributed by atoms with Crippen LogP contribution in [0.15, 0.2) is 24.3 Å². The van der Waals surface area contributed by atoms with Crippen LogP contribution < -0.4 is 4.83 Å². The van der Waals surface area contributed by atoms with Crippen LogP contribution in [-0.2, 0) is 15.8 Å². The van der Waals surface area contributed by atoms with Crippen LogP contribution in [0.4, 0.5) is 0 Å². The normalized spacial score (nSPS) is 11.7. The zero-order chi connectivity index (χ0) is 13.1. The Morgan fingerprint density at radius 3 is 2.24 bits per heavy atom. The van der Waals surface area contributed by atoms with Gasteiger partial charge in [0.05, 0.1) is 11.3 Å². The van der Waals surface area contributed by atoms with Crippen molar-refractivity contribution in [3.8, 4) is 0 Å². The molecule has 0 saturated heterocycles. The molecule has 1 rings (SSSR count). The van der Waals surface area contributed by atoms with E-state index in [0.717, 1.165) is 0 Å². The molecule has 7 heteroatoms. The van der Waals surface area contributed by atoms with Crippen LogP contribution in [0.3, 0.4) is 0 Å². The van der Waals surface area contributed by atoms with E-state index >= 15 is 0 Å². The van der Waals surface area contributed by atoms with Gasteiger partial charge in [-0.2, -0.15) is 0 Å². The molecule has 2 N–H and O–H groups in total. The minimum absolute atomic E-state index is 0.131. The van der Waals surface area contributed by atoms with Crippen LogP contribution in [0.25, 0.3) is 0 Å². The summed E-state index contributed by atoms with van der Waals surface area (Å²) < 4.78 is 23.1. The maximum absolute atomic E-state index is 11.6. The van der Waals surface area contributed by atoms with Crippen LogP contribution in [0.2, 0.25) is 0 Å². The Bertz CT molecular complexity index is 494. The highest BCUT2D eigenvalue weighted by Crippen LogP contribution is 2.07. The Balaban J connectivity index is 2.79. The van der Waals surface area contributed by atoms with Crippen molar-refractivity contribution in [2.75, 3.05) is 14.1 Å². The van der Waals surface area contributed by atoms with Crippen molar-refractivity contribution in [1.29, 1.82) is 0 Å². The van der Waals surface area contributed by atoms with Crippen molar-refractivity contribution in [2.24, 2.45) is 0 Å². The van der Waals surface area contributed by atoms with E-state index in [2.05, 4.69) is 4.83 Å². The first-order valence-corrected chi connectivity index (χ1v) is 6.45. The molecule has 6 nitrogen and oxygen atoms in total. The van der Waals surface area contributed by atoms with Crippen LogP contribution in [0.1, 0.15) is 15.9 Å². The summed E-state index contributed by atoms with van der Waals surface area (Å²) in [6.07, 6.45) is 0. The molecule has 0 aliphatic heterocycles. The Labute approximate surface area is 99.9 Å². The quantitative estimate of drug-likeness (QED) is 0.741. The third kappa shape index (κ3) is 4.51. The number of nitrogens with zero attached hydrogens (tertiary/aromatic N) is 1. The van der Waals surface area contributed by atoms with E-state index in [1.165, 1.54) is 29.3 Å². The molecule has 0 aliphatic carbocycles. The summed E-state index contributed by atoms with van der Waals surface area (Å²) in [4.78, 5) is 12.9. The van der Waals surface area contributed by atoms with Gasteiger partial charge in [-0.05, 0) is 17.7 Å². The summed E-state index contributed by atoms with van der Waals surface area (Å²) in [6, 6.07) is 5.72. The topological polar surface area (TPSA) is 86.7 Å². The number of hydrogen-bond acceptors (Lipinski definition) is 4. The Hall–Kier alpha value is -1.44. The Morgan fingerprint density at radius 2 is 1.82 bits per heavy atom. The van der Waals surface area contributed by atoms with Crippen molar-refractivity contribution in [2.45, 2.75) is 5.75 Å². The molecule has 0 spiro atoms. The fourth-order valence-corrected chi connectivity index (χ4v) is 2.53. The third-order valence-electron chi connectivity index (χ3n) is 1.88. The average Bonchev–Trinajstić information content (AvgIpc) is 2.15. The van der Waals surface area contributed by atoms with E-state index in [1.54, 1.807) is 14.1 Å². The fraction of sp³-hybridized carbons (Fsp3) is 0.300. The van der Waals surface area contributed by atoms with Crippen molar-refractivity contribution < 1.29 is 18.3 Å². The summed E-state index contributed by atoms with van der Waals surface area (Å²) in [6.45, 7) is 0. The Morgan fingerprint density at radius 1 is 1.29 bits per heavy atom. The number of hydrogen-bond donors (Lipinski definition) is 2. The van der Waals surface area contributed by atoms with Crippen LogP contribution in [0, 0.1) is 0 Å². The van der Waals surface area contributed by atoms with Crippen LogP contribution >= 0.6 is 0 Å². The SMILES string of the molecule is CN(C)NS(=O)(=O)Cc1ccc(C(=O)O)cc1. The van der Waals surface area contributed by atoms with E-state index in [1.807, 2.05) is 0 Å². The molecular formula is C10H14N2O4S. The second-order valence-corrected chi connectivity index (χ2v) is 5.45. The van der Waals surface area contributed by atoms with E-state index in [-0.39, 0.29) is 11.3 Å². The minimum atomic E-state index is -3.44. The van der Waals surface area contributed by atoms with Crippen LogP contribution in [0.5, 0.6) is 0 Å². The highest BCUT2D eigenvalue weighted by Gasteiger charge is 2.12. The zero-order valence-electron chi connectivity index (χ0n) is 9.54. The van der Waals surface area contributed by atoms with Gasteiger partial charge in [-0.1, -0.05) is 12.1 Å². The predicted molar refractivity (Wildman–Crippen MR) is 62.8 cm³/mol. The molecule has 0 fully saturated rings. The van der Waals surface area contributed by atoms with Crippen molar-refractivity contribution in [3.05, 3.63) is 35.4 Å². The molecule has 0 saturated carbocycles. The fourth-order valence-electron chi connectivity index (χ4n) is 1.27. The molecular weight excluding hydrogens is 244 g/mol. The summed E-state index contributed by atoms with van der Waals surface area (Å²) in [5.41, 5.74) is 0.663. The molecule has 17 heavy (non-hydrogen) atoms. The minimum Gasteiger partial charge on any atom is -0.478 e. The molecule has 0 radical (unpaired) electrons. The molecule has 1 aromatic carbocycles. The lowest BCUT2D eigenvalue weighted by molar-refractivity contribution is 0.0697. The highest BCUT2D eigenvalue weighted by atomic mass is 32.2. The van der Waals surface area contributed by atoms with Crippen molar-refractivity contribution in [1.82, 2.24) is 9.84 Å². The molecule has 0 aromatic heterocycles. The lowest BCUT2D eigenvalue weighted by Crippen LogP contribution is -2.36. The van der Waals surface area contributed by atoms with Gasteiger partial charge in [-0.25, -0.2) is 18.2 Å².